The summed E-state index contributed by atoms with van der Waals surface area (Å²) < 4.78 is 0. The van der Waals surface area contributed by atoms with Gasteiger partial charge in [0.15, 0.2) is 11.5 Å². The number of rotatable bonds is 3. The molecule has 6 heteroatoms. The Hall–Kier alpha value is -2.50. The first-order chi connectivity index (χ1) is 8.43. The number of anilines is 1. The average Bonchev–Trinajstić information content (AvgIpc) is 2.86. The van der Waals surface area contributed by atoms with Crippen LogP contribution in [-0.4, -0.2) is 24.9 Å². The molecule has 0 saturated carbocycles. The number of H-pyrrole nitrogens is 1. The molecule has 17 heavy (non-hydrogen) atoms. The van der Waals surface area contributed by atoms with E-state index in [9.17, 15) is 0 Å². The Morgan fingerprint density at radius 2 is 2.24 bits per heavy atom. The van der Waals surface area contributed by atoms with Gasteiger partial charge in [0.1, 0.15) is 11.8 Å². The van der Waals surface area contributed by atoms with Crippen LogP contribution in [0.2, 0.25) is 0 Å². The van der Waals surface area contributed by atoms with E-state index in [1.54, 1.807) is 12.5 Å². The summed E-state index contributed by atoms with van der Waals surface area (Å²) >= 11 is 0. The van der Waals surface area contributed by atoms with Crippen LogP contribution in [0.25, 0.3) is 11.2 Å². The van der Waals surface area contributed by atoms with Gasteiger partial charge >= 0.3 is 0 Å². The van der Waals surface area contributed by atoms with Crippen molar-refractivity contribution in [2.75, 3.05) is 5.32 Å². The van der Waals surface area contributed by atoms with E-state index in [1.807, 2.05) is 18.3 Å². The number of pyridine rings is 1. The molecule has 3 heterocycles. The second kappa shape index (κ2) is 4.17. The fourth-order valence-corrected chi connectivity index (χ4v) is 1.59. The third-order valence-electron chi connectivity index (χ3n) is 2.41. The molecule has 0 atom stereocenters. The quantitative estimate of drug-likeness (QED) is 0.705. The van der Waals surface area contributed by atoms with Crippen molar-refractivity contribution in [1.29, 1.82) is 0 Å². The Kier molecular flexibility index (Phi) is 2.38. The van der Waals surface area contributed by atoms with Crippen LogP contribution in [0, 0.1) is 0 Å². The number of nitrogens with zero attached hydrogens (tertiary/aromatic N) is 4. The van der Waals surface area contributed by atoms with Crippen molar-refractivity contribution in [3.8, 4) is 0 Å². The molecule has 6 nitrogen and oxygen atoms in total. The molecule has 0 aromatic carbocycles. The minimum atomic E-state index is 0.661. The Bertz CT molecular complexity index is 618. The van der Waals surface area contributed by atoms with Crippen LogP contribution in [0.15, 0.2) is 37.2 Å². The van der Waals surface area contributed by atoms with E-state index in [2.05, 4.69) is 30.2 Å². The second-order valence-electron chi connectivity index (χ2n) is 3.54. The zero-order valence-electron chi connectivity index (χ0n) is 8.96. The first-order valence-electron chi connectivity index (χ1n) is 5.20. The summed E-state index contributed by atoms with van der Waals surface area (Å²) in [6.07, 6.45) is 6.67. The number of aromatic nitrogens is 5. The number of aromatic amines is 1. The molecule has 0 spiro atoms. The summed E-state index contributed by atoms with van der Waals surface area (Å²) in [5.41, 5.74) is 2.57. The lowest BCUT2D eigenvalue weighted by Gasteiger charge is -2.05. The van der Waals surface area contributed by atoms with Gasteiger partial charge in [-0.25, -0.2) is 15.0 Å². The van der Waals surface area contributed by atoms with Gasteiger partial charge in [0, 0.05) is 18.9 Å². The van der Waals surface area contributed by atoms with Gasteiger partial charge in [-0.1, -0.05) is 6.07 Å². The van der Waals surface area contributed by atoms with E-state index >= 15 is 0 Å². The van der Waals surface area contributed by atoms with E-state index < -0.39 is 0 Å². The molecule has 84 valence electrons. The second-order valence-corrected chi connectivity index (χ2v) is 3.54. The van der Waals surface area contributed by atoms with Crippen molar-refractivity contribution in [2.24, 2.45) is 0 Å². The lowest BCUT2D eigenvalue weighted by molar-refractivity contribution is 1.08. The van der Waals surface area contributed by atoms with Gasteiger partial charge in [-0.3, -0.25) is 4.98 Å². The topological polar surface area (TPSA) is 79.4 Å². The normalized spacial score (nSPS) is 10.6. The molecule has 3 rings (SSSR count). The van der Waals surface area contributed by atoms with Gasteiger partial charge in [0.05, 0.1) is 6.33 Å². The molecule has 2 N–H and O–H groups in total. The van der Waals surface area contributed by atoms with Gasteiger partial charge < -0.3 is 10.3 Å². The number of hydrogen-bond donors (Lipinski definition) is 2. The maximum atomic E-state index is 4.18. The molecule has 3 aromatic heterocycles. The van der Waals surface area contributed by atoms with Gasteiger partial charge in [0.2, 0.25) is 0 Å². The van der Waals surface area contributed by atoms with Crippen molar-refractivity contribution in [1.82, 2.24) is 24.9 Å². The fourth-order valence-electron chi connectivity index (χ4n) is 1.59. The van der Waals surface area contributed by atoms with Crippen molar-refractivity contribution >= 4 is 17.0 Å². The predicted molar refractivity (Wildman–Crippen MR) is 63.2 cm³/mol. The Labute approximate surface area is 97.2 Å². The Morgan fingerprint density at radius 1 is 1.24 bits per heavy atom. The third kappa shape index (κ3) is 1.92. The molecular formula is C11H10N6. The first-order valence-corrected chi connectivity index (χ1v) is 5.20. The maximum Gasteiger partial charge on any atom is 0.182 e. The highest BCUT2D eigenvalue weighted by Gasteiger charge is 2.04. The summed E-state index contributed by atoms with van der Waals surface area (Å²) in [5.74, 6) is 0.747. The molecule has 0 aliphatic rings. The summed E-state index contributed by atoms with van der Waals surface area (Å²) in [5, 5.41) is 3.23. The molecule has 0 aliphatic heterocycles. The average molecular weight is 226 g/mol. The number of nitrogens with one attached hydrogen (secondary N) is 2. The van der Waals surface area contributed by atoms with Crippen molar-refractivity contribution in [3.05, 3.63) is 42.7 Å². The van der Waals surface area contributed by atoms with E-state index in [4.69, 9.17) is 0 Å². The van der Waals surface area contributed by atoms with Gasteiger partial charge in [-0.15, -0.1) is 0 Å². The van der Waals surface area contributed by atoms with E-state index in [1.165, 1.54) is 6.33 Å². The smallest absolute Gasteiger partial charge is 0.182 e. The predicted octanol–water partition coefficient (Wildman–Crippen LogP) is 1.36. The SMILES string of the molecule is c1cncc(CNc2ncnc3nc[nH]c23)c1. The minimum absolute atomic E-state index is 0.661. The van der Waals surface area contributed by atoms with Crippen molar-refractivity contribution in [2.45, 2.75) is 6.54 Å². The van der Waals surface area contributed by atoms with E-state index in [0.717, 1.165) is 16.9 Å². The Morgan fingerprint density at radius 3 is 3.12 bits per heavy atom. The molecule has 0 saturated heterocycles. The Balaban J connectivity index is 1.84. The third-order valence-corrected chi connectivity index (χ3v) is 2.41. The standard InChI is InChI=1S/C11H10N6/c1-2-8(4-12-3-1)5-13-10-9-11(15-6-14-9)17-7-16-10/h1-4,6-7H,5H2,(H2,13,14,15,16,17). The summed E-state index contributed by atoms with van der Waals surface area (Å²) in [4.78, 5) is 19.4. The van der Waals surface area contributed by atoms with Crippen molar-refractivity contribution < 1.29 is 0 Å². The van der Waals surface area contributed by atoms with Gasteiger partial charge in [-0.2, -0.15) is 0 Å². The van der Waals surface area contributed by atoms with Crippen LogP contribution < -0.4 is 5.32 Å². The number of hydrogen-bond acceptors (Lipinski definition) is 5. The molecule has 0 radical (unpaired) electrons. The van der Waals surface area contributed by atoms with Gasteiger partial charge in [-0.05, 0) is 11.6 Å². The fraction of sp³-hybridized carbons (Fsp3) is 0.0909. The molecule has 0 bridgehead atoms. The first kappa shape index (κ1) is 9.71. The highest BCUT2D eigenvalue weighted by Crippen LogP contribution is 2.14. The van der Waals surface area contributed by atoms with Crippen LogP contribution >= 0.6 is 0 Å². The molecule has 0 fully saturated rings. The zero-order valence-corrected chi connectivity index (χ0v) is 8.96. The van der Waals surface area contributed by atoms with Crippen LogP contribution in [0.1, 0.15) is 5.56 Å². The van der Waals surface area contributed by atoms with Crippen LogP contribution in [0.3, 0.4) is 0 Å². The molecule has 0 amide bonds. The summed E-state index contributed by atoms with van der Waals surface area (Å²) in [7, 11) is 0. The van der Waals surface area contributed by atoms with E-state index in [0.29, 0.717) is 12.2 Å². The highest BCUT2D eigenvalue weighted by molar-refractivity contribution is 5.81. The summed E-state index contributed by atoms with van der Waals surface area (Å²) in [6, 6.07) is 3.91. The van der Waals surface area contributed by atoms with Crippen LogP contribution in [0.5, 0.6) is 0 Å². The largest absolute Gasteiger partial charge is 0.364 e. The number of fused-ring (bicyclic) bond motifs is 1. The van der Waals surface area contributed by atoms with Gasteiger partial charge in [0.25, 0.3) is 0 Å². The minimum Gasteiger partial charge on any atom is -0.364 e. The van der Waals surface area contributed by atoms with Crippen molar-refractivity contribution in [3.63, 3.8) is 0 Å². The molecule has 0 aliphatic carbocycles. The molecule has 0 unspecified atom stereocenters. The lowest BCUT2D eigenvalue weighted by atomic mass is 10.3. The highest BCUT2D eigenvalue weighted by atomic mass is 15.1. The number of imidazole rings is 1. The summed E-state index contributed by atoms with van der Waals surface area (Å²) in [6.45, 7) is 0.666. The molecular weight excluding hydrogens is 216 g/mol. The molecule has 3 aromatic rings. The lowest BCUT2D eigenvalue weighted by Crippen LogP contribution is -2.02. The maximum absolute atomic E-state index is 4.18. The van der Waals surface area contributed by atoms with E-state index in [-0.39, 0.29) is 0 Å². The zero-order chi connectivity index (χ0) is 11.5. The van der Waals surface area contributed by atoms with Crippen LogP contribution in [0.4, 0.5) is 5.82 Å². The van der Waals surface area contributed by atoms with Crippen LogP contribution in [-0.2, 0) is 6.54 Å². The monoisotopic (exact) mass is 226 g/mol.